The smallest absolute Gasteiger partial charge is 0.173 e. The minimum atomic E-state index is 0.119. The fourth-order valence-corrected chi connectivity index (χ4v) is 4.70. The number of nitrogens with zero attached hydrogens (tertiary/aromatic N) is 1. The number of piperazine rings is 1. The summed E-state index contributed by atoms with van der Waals surface area (Å²) >= 11 is 8.87. The highest BCUT2D eigenvalue weighted by atomic mass is 79.9. The monoisotopic (exact) mass is 460 g/mol. The Hall–Kier alpha value is -0.600. The van der Waals surface area contributed by atoms with E-state index in [-0.39, 0.29) is 11.8 Å². The van der Waals surface area contributed by atoms with E-state index in [1.807, 2.05) is 6.07 Å². The van der Waals surface area contributed by atoms with Crippen LogP contribution in [-0.2, 0) is 0 Å². The number of methoxy groups -OCH3 is 1. The lowest BCUT2D eigenvalue weighted by molar-refractivity contribution is 0.200. The SMILES string of the molecule is COc1cc([C@@H](c2cccs2)N2CCNCC2)c(Br)c(Br)c1O. The molecular weight excluding hydrogens is 444 g/mol. The Bertz CT molecular complexity index is 673. The number of ether oxygens (including phenoxy) is 1. The molecule has 0 saturated carbocycles. The molecule has 3 rings (SSSR count). The van der Waals surface area contributed by atoms with E-state index >= 15 is 0 Å². The molecule has 0 bridgehead atoms. The quantitative estimate of drug-likeness (QED) is 0.722. The summed E-state index contributed by atoms with van der Waals surface area (Å²) in [5, 5.41) is 15.7. The highest BCUT2D eigenvalue weighted by Crippen LogP contribution is 2.46. The molecule has 2 aromatic rings. The zero-order valence-electron chi connectivity index (χ0n) is 12.7. The van der Waals surface area contributed by atoms with Crippen LogP contribution in [0, 0.1) is 0 Å². The van der Waals surface area contributed by atoms with E-state index < -0.39 is 0 Å². The number of aromatic hydroxyl groups is 1. The largest absolute Gasteiger partial charge is 0.503 e. The molecule has 23 heavy (non-hydrogen) atoms. The second-order valence-electron chi connectivity index (χ2n) is 5.35. The van der Waals surface area contributed by atoms with Crippen molar-refractivity contribution in [1.82, 2.24) is 10.2 Å². The van der Waals surface area contributed by atoms with Gasteiger partial charge in [-0.25, -0.2) is 0 Å². The van der Waals surface area contributed by atoms with Crippen molar-refractivity contribution < 1.29 is 9.84 Å². The Labute approximate surface area is 156 Å². The van der Waals surface area contributed by atoms with Gasteiger partial charge in [0.2, 0.25) is 0 Å². The minimum Gasteiger partial charge on any atom is -0.503 e. The van der Waals surface area contributed by atoms with Crippen molar-refractivity contribution in [2.45, 2.75) is 6.04 Å². The zero-order chi connectivity index (χ0) is 16.4. The third-order valence-corrected chi connectivity index (χ3v) is 7.10. The first-order chi connectivity index (χ1) is 11.1. The molecule has 124 valence electrons. The lowest BCUT2D eigenvalue weighted by Crippen LogP contribution is -2.45. The molecule has 2 N–H and O–H groups in total. The molecular formula is C16H18Br2N2O2S. The predicted octanol–water partition coefficient (Wildman–Crippen LogP) is 3.98. The highest BCUT2D eigenvalue weighted by molar-refractivity contribution is 9.13. The maximum absolute atomic E-state index is 10.2. The fourth-order valence-electron chi connectivity index (χ4n) is 2.88. The van der Waals surface area contributed by atoms with E-state index in [1.54, 1.807) is 18.4 Å². The molecule has 0 amide bonds. The van der Waals surface area contributed by atoms with Gasteiger partial charge in [0.1, 0.15) is 0 Å². The van der Waals surface area contributed by atoms with E-state index in [4.69, 9.17) is 4.74 Å². The number of phenolic OH excluding ortho intramolecular Hbond substituents is 1. The van der Waals surface area contributed by atoms with Gasteiger partial charge in [0.05, 0.1) is 17.6 Å². The van der Waals surface area contributed by atoms with Crippen LogP contribution in [0.25, 0.3) is 0 Å². The average Bonchev–Trinajstić information content (AvgIpc) is 3.10. The summed E-state index contributed by atoms with van der Waals surface area (Å²) in [6, 6.07) is 6.31. The van der Waals surface area contributed by atoms with Crippen LogP contribution in [0.5, 0.6) is 11.5 Å². The molecule has 1 aliphatic heterocycles. The van der Waals surface area contributed by atoms with Crippen molar-refractivity contribution >= 4 is 43.2 Å². The van der Waals surface area contributed by atoms with E-state index in [0.29, 0.717) is 10.2 Å². The number of benzene rings is 1. The third-order valence-electron chi connectivity index (χ3n) is 4.02. The lowest BCUT2D eigenvalue weighted by atomic mass is 10.0. The van der Waals surface area contributed by atoms with Gasteiger partial charge >= 0.3 is 0 Å². The summed E-state index contributed by atoms with van der Waals surface area (Å²) in [7, 11) is 1.57. The van der Waals surface area contributed by atoms with E-state index in [9.17, 15) is 5.11 Å². The van der Waals surface area contributed by atoms with Crippen molar-refractivity contribution in [3.63, 3.8) is 0 Å². The maximum Gasteiger partial charge on any atom is 0.173 e. The van der Waals surface area contributed by atoms with Gasteiger partial charge in [-0.1, -0.05) is 6.07 Å². The van der Waals surface area contributed by atoms with Gasteiger partial charge in [-0.15, -0.1) is 11.3 Å². The average molecular weight is 462 g/mol. The molecule has 1 atom stereocenters. The van der Waals surface area contributed by atoms with Crippen molar-refractivity contribution in [3.05, 3.63) is 43.0 Å². The number of rotatable bonds is 4. The van der Waals surface area contributed by atoms with Gasteiger partial charge < -0.3 is 15.2 Å². The molecule has 7 heteroatoms. The summed E-state index contributed by atoms with van der Waals surface area (Å²) in [6.45, 7) is 3.93. The predicted molar refractivity (Wildman–Crippen MR) is 101 cm³/mol. The molecule has 1 aromatic carbocycles. The van der Waals surface area contributed by atoms with Crippen LogP contribution < -0.4 is 10.1 Å². The number of hydrogen-bond acceptors (Lipinski definition) is 5. The van der Waals surface area contributed by atoms with Crippen LogP contribution in [0.4, 0.5) is 0 Å². The summed E-state index contributed by atoms with van der Waals surface area (Å²) in [5.41, 5.74) is 1.09. The van der Waals surface area contributed by atoms with Crippen LogP contribution in [-0.4, -0.2) is 43.3 Å². The number of phenols is 1. The molecule has 1 aromatic heterocycles. The number of thiophene rings is 1. The third kappa shape index (κ3) is 3.44. The number of nitrogens with one attached hydrogen (secondary N) is 1. The first-order valence-electron chi connectivity index (χ1n) is 7.36. The van der Waals surface area contributed by atoms with Crippen molar-refractivity contribution in [3.8, 4) is 11.5 Å². The molecule has 0 unspecified atom stereocenters. The van der Waals surface area contributed by atoms with Crippen LogP contribution in [0.15, 0.2) is 32.5 Å². The second-order valence-corrected chi connectivity index (χ2v) is 7.91. The second kappa shape index (κ2) is 7.53. The molecule has 0 radical (unpaired) electrons. The normalized spacial score (nSPS) is 17.2. The first kappa shape index (κ1) is 17.2. The minimum absolute atomic E-state index is 0.119. The van der Waals surface area contributed by atoms with E-state index in [0.717, 1.165) is 36.2 Å². The standard InChI is InChI=1S/C16H18Br2N2O2S/c1-22-11-9-10(13(17)14(18)16(11)21)15(12-3-2-8-23-12)20-6-4-19-5-7-20/h2-3,8-9,15,19,21H,4-7H2,1H3/t15-/m0/s1. The molecule has 4 nitrogen and oxygen atoms in total. The molecule has 0 spiro atoms. The van der Waals surface area contributed by atoms with Gasteiger partial charge in [-0.2, -0.15) is 0 Å². The Morgan fingerprint density at radius 2 is 2.04 bits per heavy atom. The molecule has 2 heterocycles. The lowest BCUT2D eigenvalue weighted by Gasteiger charge is -2.35. The molecule has 1 saturated heterocycles. The van der Waals surface area contributed by atoms with Crippen LogP contribution in [0.2, 0.25) is 0 Å². The van der Waals surface area contributed by atoms with Crippen LogP contribution in [0.1, 0.15) is 16.5 Å². The fraction of sp³-hybridized carbons (Fsp3) is 0.375. The molecule has 1 aliphatic rings. The molecule has 1 fully saturated rings. The summed E-state index contributed by atoms with van der Waals surface area (Å²) in [4.78, 5) is 3.75. The maximum atomic E-state index is 10.2. The summed E-state index contributed by atoms with van der Waals surface area (Å²) < 4.78 is 6.84. The number of hydrogen-bond donors (Lipinski definition) is 2. The van der Waals surface area contributed by atoms with E-state index in [1.165, 1.54) is 4.88 Å². The van der Waals surface area contributed by atoms with Crippen molar-refractivity contribution in [1.29, 1.82) is 0 Å². The van der Waals surface area contributed by atoms with Crippen molar-refractivity contribution in [2.24, 2.45) is 0 Å². The van der Waals surface area contributed by atoms with E-state index in [2.05, 4.69) is 59.6 Å². The Morgan fingerprint density at radius 1 is 1.30 bits per heavy atom. The molecule has 0 aliphatic carbocycles. The first-order valence-corrected chi connectivity index (χ1v) is 9.83. The Balaban J connectivity index is 2.11. The summed E-state index contributed by atoms with van der Waals surface area (Å²) in [5.74, 6) is 0.597. The van der Waals surface area contributed by atoms with Gasteiger partial charge in [0.15, 0.2) is 11.5 Å². The Kier molecular flexibility index (Phi) is 5.64. The van der Waals surface area contributed by atoms with Gasteiger partial charge in [0, 0.05) is 35.5 Å². The topological polar surface area (TPSA) is 44.7 Å². The highest BCUT2D eigenvalue weighted by Gasteiger charge is 2.29. The van der Waals surface area contributed by atoms with Gasteiger partial charge in [0.25, 0.3) is 0 Å². The van der Waals surface area contributed by atoms with Crippen LogP contribution >= 0.6 is 43.2 Å². The van der Waals surface area contributed by atoms with Gasteiger partial charge in [-0.05, 0) is 54.9 Å². The van der Waals surface area contributed by atoms with Crippen LogP contribution in [0.3, 0.4) is 0 Å². The van der Waals surface area contributed by atoms with Gasteiger partial charge in [-0.3, -0.25) is 4.90 Å². The Morgan fingerprint density at radius 3 is 2.65 bits per heavy atom. The summed E-state index contributed by atoms with van der Waals surface area (Å²) in [6.07, 6.45) is 0. The van der Waals surface area contributed by atoms with Crippen molar-refractivity contribution in [2.75, 3.05) is 33.3 Å². The number of halogens is 2. The zero-order valence-corrected chi connectivity index (χ0v) is 16.7.